The minimum Gasteiger partial charge on any atom is -0.358 e. The van der Waals surface area contributed by atoms with Crippen molar-refractivity contribution in [2.75, 3.05) is 5.32 Å². The first-order valence-electron chi connectivity index (χ1n) is 9.13. The summed E-state index contributed by atoms with van der Waals surface area (Å²) in [5.74, 6) is -1.49. The second-order valence-electron chi connectivity index (χ2n) is 6.92. The van der Waals surface area contributed by atoms with Crippen LogP contribution in [0.1, 0.15) is 22.6 Å². The first kappa shape index (κ1) is 23.2. The lowest BCUT2D eigenvalue weighted by atomic mass is 10.2. The zero-order chi connectivity index (χ0) is 23.7. The lowest BCUT2D eigenvalue weighted by Gasteiger charge is -2.08. The fraction of sp³-hybridized carbons (Fsp3) is 0.278. The number of nitro groups is 2. The molecular weight excluding hydrogens is 465 g/mol. The van der Waals surface area contributed by atoms with Gasteiger partial charge < -0.3 is 15.4 Å². The Balaban J connectivity index is 1.81. The number of aryl methyl sites for hydroxylation is 1. The van der Waals surface area contributed by atoms with Crippen molar-refractivity contribution in [3.63, 3.8) is 0 Å². The van der Waals surface area contributed by atoms with E-state index in [1.807, 2.05) is 0 Å². The summed E-state index contributed by atoms with van der Waals surface area (Å²) < 4.78 is 2.59. The van der Waals surface area contributed by atoms with Crippen LogP contribution in [0.3, 0.4) is 0 Å². The van der Waals surface area contributed by atoms with Gasteiger partial charge in [0.1, 0.15) is 12.2 Å². The minimum atomic E-state index is -0.959. The van der Waals surface area contributed by atoms with E-state index in [9.17, 15) is 25.0 Å². The number of anilines is 1. The summed E-state index contributed by atoms with van der Waals surface area (Å²) in [6, 6.07) is 5.11. The number of hydrogen-bond acceptors (Lipinski definition) is 7. The number of benzene rings is 1. The Labute approximate surface area is 191 Å². The predicted molar refractivity (Wildman–Crippen MR) is 116 cm³/mol. The van der Waals surface area contributed by atoms with E-state index in [4.69, 9.17) is 23.2 Å². The van der Waals surface area contributed by atoms with Crippen LogP contribution in [-0.2, 0) is 17.9 Å². The molecule has 0 spiro atoms. The summed E-state index contributed by atoms with van der Waals surface area (Å²) in [5, 5.41) is 33.9. The van der Waals surface area contributed by atoms with Gasteiger partial charge in [-0.1, -0.05) is 29.3 Å². The zero-order valence-corrected chi connectivity index (χ0v) is 18.6. The van der Waals surface area contributed by atoms with Crippen molar-refractivity contribution in [3.8, 4) is 0 Å². The third-order valence-electron chi connectivity index (χ3n) is 4.79. The molecule has 1 aromatic carbocycles. The van der Waals surface area contributed by atoms with Crippen LogP contribution in [0.25, 0.3) is 0 Å². The largest absolute Gasteiger partial charge is 0.468 e. The van der Waals surface area contributed by atoms with Crippen LogP contribution in [0.2, 0.25) is 10.0 Å². The Morgan fingerprint density at radius 2 is 1.75 bits per heavy atom. The summed E-state index contributed by atoms with van der Waals surface area (Å²) in [6.07, 6.45) is 0. The Morgan fingerprint density at radius 3 is 2.31 bits per heavy atom. The molecule has 1 N–H and O–H groups in total. The number of carbonyl (C=O) groups is 1. The van der Waals surface area contributed by atoms with E-state index in [1.54, 1.807) is 36.7 Å². The standard InChI is InChI=1S/C18H17Cl2N7O5/c1-9-16(10(2)24(22-9)7-12-4-5-13(19)6-14(12)20)21-15(28)8-25-11(3)17(26(29)30)18(23-25)27(31)32/h4-6H,7-8H2,1-3H3,(H,21,28). The normalized spacial score (nSPS) is 10.9. The predicted octanol–water partition coefficient (Wildman–Crippen LogP) is 3.82. The molecule has 3 rings (SSSR count). The highest BCUT2D eigenvalue weighted by Crippen LogP contribution is 2.29. The maximum Gasteiger partial charge on any atom is 0.468 e. The first-order chi connectivity index (χ1) is 15.0. The Kier molecular flexibility index (Phi) is 6.46. The highest BCUT2D eigenvalue weighted by molar-refractivity contribution is 6.35. The molecule has 0 aliphatic heterocycles. The summed E-state index contributed by atoms with van der Waals surface area (Å²) in [5.41, 5.74) is 1.58. The molecule has 14 heteroatoms. The van der Waals surface area contributed by atoms with Gasteiger partial charge in [-0.25, -0.2) is 0 Å². The molecule has 168 valence electrons. The van der Waals surface area contributed by atoms with E-state index >= 15 is 0 Å². The molecular formula is C18H17Cl2N7O5. The van der Waals surface area contributed by atoms with Crippen LogP contribution in [-0.4, -0.2) is 35.3 Å². The van der Waals surface area contributed by atoms with Gasteiger partial charge in [0.15, 0.2) is 0 Å². The van der Waals surface area contributed by atoms with Crippen molar-refractivity contribution >= 4 is 46.3 Å². The number of aromatic nitrogens is 4. The number of nitrogens with one attached hydrogen (secondary N) is 1. The fourth-order valence-corrected chi connectivity index (χ4v) is 3.64. The molecule has 0 aliphatic carbocycles. The SMILES string of the molecule is Cc1nn(Cc2ccc(Cl)cc2Cl)c(C)c1NC(=O)Cn1nc([N+](=O)[O-])c([N+](=O)[O-])c1C. The minimum absolute atomic E-state index is 0.0987. The smallest absolute Gasteiger partial charge is 0.358 e. The Hall–Kier alpha value is -3.51. The van der Waals surface area contributed by atoms with Gasteiger partial charge in [-0.15, -0.1) is 0 Å². The molecule has 0 aliphatic rings. The van der Waals surface area contributed by atoms with Crippen molar-refractivity contribution < 1.29 is 14.6 Å². The van der Waals surface area contributed by atoms with Crippen molar-refractivity contribution in [3.05, 3.63) is 71.1 Å². The van der Waals surface area contributed by atoms with Gasteiger partial charge >= 0.3 is 11.5 Å². The average molecular weight is 482 g/mol. The van der Waals surface area contributed by atoms with Crippen LogP contribution in [0.5, 0.6) is 0 Å². The van der Waals surface area contributed by atoms with Crippen LogP contribution < -0.4 is 5.32 Å². The van der Waals surface area contributed by atoms with E-state index in [1.165, 1.54) is 6.92 Å². The molecule has 0 radical (unpaired) electrons. The monoisotopic (exact) mass is 481 g/mol. The summed E-state index contributed by atoms with van der Waals surface area (Å²) >= 11 is 12.2. The average Bonchev–Trinajstić information content (AvgIpc) is 3.15. The lowest BCUT2D eigenvalue weighted by Crippen LogP contribution is -2.21. The highest BCUT2D eigenvalue weighted by atomic mass is 35.5. The van der Waals surface area contributed by atoms with Gasteiger partial charge in [0.25, 0.3) is 0 Å². The Morgan fingerprint density at radius 1 is 1.06 bits per heavy atom. The van der Waals surface area contributed by atoms with Crippen LogP contribution in [0.15, 0.2) is 18.2 Å². The Bertz CT molecular complexity index is 1250. The van der Waals surface area contributed by atoms with Crippen LogP contribution in [0, 0.1) is 41.0 Å². The molecule has 0 saturated carbocycles. The molecule has 32 heavy (non-hydrogen) atoms. The zero-order valence-electron chi connectivity index (χ0n) is 17.1. The van der Waals surface area contributed by atoms with Crippen molar-refractivity contribution in [2.24, 2.45) is 0 Å². The van der Waals surface area contributed by atoms with E-state index in [0.29, 0.717) is 33.7 Å². The topological polar surface area (TPSA) is 151 Å². The molecule has 1 amide bonds. The van der Waals surface area contributed by atoms with Crippen molar-refractivity contribution in [1.29, 1.82) is 0 Å². The lowest BCUT2D eigenvalue weighted by molar-refractivity contribution is -0.424. The summed E-state index contributed by atoms with van der Waals surface area (Å²) in [4.78, 5) is 32.9. The number of hydrogen-bond donors (Lipinski definition) is 1. The molecule has 2 aromatic heterocycles. The number of amides is 1. The quantitative estimate of drug-likeness (QED) is 0.397. The van der Waals surface area contributed by atoms with Gasteiger partial charge in [-0.05, 0) is 43.4 Å². The molecule has 0 bridgehead atoms. The first-order valence-corrected chi connectivity index (χ1v) is 9.89. The molecule has 2 heterocycles. The molecule has 0 atom stereocenters. The maximum atomic E-state index is 12.6. The highest BCUT2D eigenvalue weighted by Gasteiger charge is 2.35. The van der Waals surface area contributed by atoms with Crippen molar-refractivity contribution in [2.45, 2.75) is 33.9 Å². The van der Waals surface area contributed by atoms with Gasteiger partial charge in [-0.2, -0.15) is 9.78 Å². The van der Waals surface area contributed by atoms with E-state index < -0.39 is 33.8 Å². The third-order valence-corrected chi connectivity index (χ3v) is 5.37. The molecule has 3 aromatic rings. The maximum absolute atomic E-state index is 12.6. The molecule has 0 fully saturated rings. The summed E-state index contributed by atoms with van der Waals surface area (Å²) in [6.45, 7) is 4.64. The van der Waals surface area contributed by atoms with Crippen molar-refractivity contribution in [1.82, 2.24) is 19.6 Å². The fourth-order valence-electron chi connectivity index (χ4n) is 3.17. The van der Waals surface area contributed by atoms with E-state index in [0.717, 1.165) is 10.2 Å². The molecule has 0 saturated heterocycles. The number of carbonyl (C=O) groups excluding carboxylic acids is 1. The second-order valence-corrected chi connectivity index (χ2v) is 7.76. The van der Waals surface area contributed by atoms with Gasteiger partial charge in [0.05, 0.1) is 33.6 Å². The van der Waals surface area contributed by atoms with Crippen LogP contribution >= 0.6 is 23.2 Å². The van der Waals surface area contributed by atoms with Gasteiger partial charge in [-0.3, -0.25) is 19.6 Å². The molecule has 12 nitrogen and oxygen atoms in total. The van der Waals surface area contributed by atoms with Gasteiger partial charge in [0, 0.05) is 10.0 Å². The number of halogens is 2. The number of nitrogens with zero attached hydrogens (tertiary/aromatic N) is 6. The van der Waals surface area contributed by atoms with Gasteiger partial charge in [0.2, 0.25) is 5.91 Å². The van der Waals surface area contributed by atoms with E-state index in [-0.39, 0.29) is 5.69 Å². The summed E-state index contributed by atoms with van der Waals surface area (Å²) in [7, 11) is 0. The van der Waals surface area contributed by atoms with E-state index in [2.05, 4.69) is 15.5 Å². The van der Waals surface area contributed by atoms with Crippen LogP contribution in [0.4, 0.5) is 17.2 Å². The second kappa shape index (κ2) is 8.93. The molecule has 0 unspecified atom stereocenters. The number of rotatable bonds is 7. The third kappa shape index (κ3) is 4.55.